The Balaban J connectivity index is 0.00000261. The molecule has 2 fully saturated rings. The van der Waals surface area contributed by atoms with Gasteiger partial charge in [-0.3, -0.25) is 14.6 Å². The number of aliphatic imine (C=N–C) groups is 1. The van der Waals surface area contributed by atoms with E-state index in [2.05, 4.69) is 35.6 Å². The van der Waals surface area contributed by atoms with Crippen molar-refractivity contribution < 1.29 is 14.3 Å². The van der Waals surface area contributed by atoms with Gasteiger partial charge >= 0.3 is 5.97 Å². The number of methoxy groups -OCH3 is 1. The molecular weight excluding hydrogens is 465 g/mol. The van der Waals surface area contributed by atoms with Crippen LogP contribution in [0.5, 0.6) is 0 Å². The lowest BCUT2D eigenvalue weighted by Crippen LogP contribution is -2.51. The van der Waals surface area contributed by atoms with E-state index >= 15 is 0 Å². The summed E-state index contributed by atoms with van der Waals surface area (Å²) in [6.07, 6.45) is 4.38. The van der Waals surface area contributed by atoms with E-state index in [0.717, 1.165) is 38.4 Å². The molecule has 0 bridgehead atoms. The second-order valence-electron chi connectivity index (χ2n) is 6.86. The van der Waals surface area contributed by atoms with Crippen LogP contribution in [0, 0.1) is 5.41 Å². The van der Waals surface area contributed by atoms with Crippen molar-refractivity contribution in [2.24, 2.45) is 10.4 Å². The minimum absolute atomic E-state index is 0. The van der Waals surface area contributed by atoms with E-state index < -0.39 is 0 Å². The number of likely N-dealkylation sites (tertiary alicyclic amines) is 1. The fourth-order valence-corrected chi connectivity index (χ4v) is 3.62. The number of carbonyl (C=O) groups is 2. The molecule has 2 N–H and O–H groups in total. The molecule has 3 heterocycles. The van der Waals surface area contributed by atoms with E-state index in [1.165, 1.54) is 11.8 Å². The number of guanidine groups is 1. The van der Waals surface area contributed by atoms with Gasteiger partial charge in [0.25, 0.3) is 0 Å². The van der Waals surface area contributed by atoms with Crippen molar-refractivity contribution in [2.45, 2.75) is 32.4 Å². The Morgan fingerprint density at radius 2 is 2.33 bits per heavy atom. The third kappa shape index (κ3) is 5.30. The van der Waals surface area contributed by atoms with Gasteiger partial charge in [0.15, 0.2) is 5.96 Å². The Morgan fingerprint density at radius 1 is 1.52 bits per heavy atom. The van der Waals surface area contributed by atoms with Crippen molar-refractivity contribution in [3.63, 3.8) is 0 Å². The number of nitrogens with one attached hydrogen (secondary N) is 2. The van der Waals surface area contributed by atoms with E-state index in [1.54, 1.807) is 13.2 Å². The number of esters is 1. The van der Waals surface area contributed by atoms with Crippen LogP contribution < -0.4 is 10.6 Å². The van der Waals surface area contributed by atoms with Crippen molar-refractivity contribution >= 4 is 41.8 Å². The summed E-state index contributed by atoms with van der Waals surface area (Å²) in [6, 6.07) is 0. The minimum Gasteiger partial charge on any atom is -0.468 e. The highest BCUT2D eigenvalue weighted by Crippen LogP contribution is 2.35. The standard InChI is InChI=1S/C16H25N7O3.HI/c1-17-15(18-7-12-8-23(21-20-12)9-14(25)26-2)22-5-3-4-16(11-22)6-13(24)19-10-16;/h8H,3-7,9-11H2,1-2H3,(H,17,18)(H,19,24);1H. The number of carbonyl (C=O) groups excluding carboxylic acids is 2. The first kappa shape index (κ1) is 21.4. The molecule has 0 saturated carbocycles. The van der Waals surface area contributed by atoms with E-state index in [-0.39, 0.29) is 47.8 Å². The number of rotatable bonds is 4. The third-order valence-corrected chi connectivity index (χ3v) is 4.90. The number of halogens is 1. The summed E-state index contributed by atoms with van der Waals surface area (Å²) in [5.74, 6) is 0.548. The SMILES string of the molecule is CN=C(NCc1cn(CC(=O)OC)nn1)N1CCCC2(CNC(=O)C2)C1.I. The predicted molar refractivity (Wildman–Crippen MR) is 109 cm³/mol. The molecule has 1 aromatic heterocycles. The largest absolute Gasteiger partial charge is 0.468 e. The maximum Gasteiger partial charge on any atom is 0.327 e. The van der Waals surface area contributed by atoms with Crippen molar-refractivity contribution in [3.05, 3.63) is 11.9 Å². The van der Waals surface area contributed by atoms with Gasteiger partial charge in [0.1, 0.15) is 12.2 Å². The van der Waals surface area contributed by atoms with Gasteiger partial charge in [0.2, 0.25) is 5.91 Å². The van der Waals surface area contributed by atoms with Crippen LogP contribution in [0.1, 0.15) is 25.0 Å². The van der Waals surface area contributed by atoms with Crippen LogP contribution in [0.3, 0.4) is 0 Å². The van der Waals surface area contributed by atoms with Crippen molar-refractivity contribution in [2.75, 3.05) is 33.8 Å². The number of amides is 1. The van der Waals surface area contributed by atoms with Crippen LogP contribution >= 0.6 is 24.0 Å². The summed E-state index contributed by atoms with van der Waals surface area (Å²) in [5.41, 5.74) is 0.718. The smallest absolute Gasteiger partial charge is 0.327 e. The summed E-state index contributed by atoms with van der Waals surface area (Å²) < 4.78 is 6.06. The van der Waals surface area contributed by atoms with E-state index in [9.17, 15) is 9.59 Å². The molecule has 11 heteroatoms. The first-order chi connectivity index (χ1) is 12.5. The molecule has 1 aromatic rings. The molecule has 2 aliphatic heterocycles. The van der Waals surface area contributed by atoms with Crippen LogP contribution in [-0.4, -0.2) is 71.5 Å². The molecule has 0 radical (unpaired) electrons. The highest BCUT2D eigenvalue weighted by atomic mass is 127. The van der Waals surface area contributed by atoms with Gasteiger partial charge in [0, 0.05) is 38.5 Å². The molecule has 1 unspecified atom stereocenters. The highest BCUT2D eigenvalue weighted by Gasteiger charge is 2.42. The molecule has 0 aromatic carbocycles. The summed E-state index contributed by atoms with van der Waals surface area (Å²) in [5, 5.41) is 14.2. The Labute approximate surface area is 175 Å². The van der Waals surface area contributed by atoms with Crippen molar-refractivity contribution in [3.8, 4) is 0 Å². The topological polar surface area (TPSA) is 114 Å². The van der Waals surface area contributed by atoms with Gasteiger partial charge in [0.05, 0.1) is 19.9 Å². The number of piperidine rings is 1. The van der Waals surface area contributed by atoms with Crippen LogP contribution in [-0.2, 0) is 27.4 Å². The summed E-state index contributed by atoms with van der Waals surface area (Å²) in [4.78, 5) is 29.5. The lowest BCUT2D eigenvalue weighted by Gasteiger charge is -2.40. The zero-order chi connectivity index (χ0) is 18.6. The van der Waals surface area contributed by atoms with Gasteiger partial charge in [-0.05, 0) is 12.8 Å². The van der Waals surface area contributed by atoms with E-state index in [4.69, 9.17) is 0 Å². The first-order valence-corrected chi connectivity index (χ1v) is 8.72. The number of hydrogen-bond donors (Lipinski definition) is 2. The van der Waals surface area contributed by atoms with E-state index in [1.807, 2.05) is 0 Å². The Kier molecular flexibility index (Phi) is 7.39. The Hall–Kier alpha value is -1.92. The first-order valence-electron chi connectivity index (χ1n) is 8.72. The molecule has 1 spiro atoms. The maximum absolute atomic E-state index is 11.6. The second kappa shape index (κ2) is 9.33. The summed E-state index contributed by atoms with van der Waals surface area (Å²) in [7, 11) is 3.08. The normalized spacial score (nSPS) is 22.4. The number of hydrogen-bond acceptors (Lipinski definition) is 6. The Morgan fingerprint density at radius 3 is 3.00 bits per heavy atom. The fourth-order valence-electron chi connectivity index (χ4n) is 3.62. The molecule has 2 aliphatic rings. The maximum atomic E-state index is 11.6. The lowest BCUT2D eigenvalue weighted by molar-refractivity contribution is -0.141. The monoisotopic (exact) mass is 491 g/mol. The number of aromatic nitrogens is 3. The third-order valence-electron chi connectivity index (χ3n) is 4.90. The van der Waals surface area contributed by atoms with Crippen LogP contribution in [0.2, 0.25) is 0 Å². The molecule has 27 heavy (non-hydrogen) atoms. The second-order valence-corrected chi connectivity index (χ2v) is 6.86. The number of ether oxygens (including phenoxy) is 1. The zero-order valence-corrected chi connectivity index (χ0v) is 17.9. The molecule has 3 rings (SSSR count). The predicted octanol–water partition coefficient (Wildman–Crippen LogP) is -0.253. The van der Waals surface area contributed by atoms with E-state index in [0.29, 0.717) is 18.7 Å². The Bertz CT molecular complexity index is 708. The van der Waals surface area contributed by atoms with Crippen LogP contribution in [0.4, 0.5) is 0 Å². The summed E-state index contributed by atoms with van der Waals surface area (Å²) in [6.45, 7) is 2.94. The molecule has 1 amide bonds. The molecular formula is C16H26IN7O3. The van der Waals surface area contributed by atoms with Gasteiger partial charge < -0.3 is 20.3 Å². The average molecular weight is 491 g/mol. The van der Waals surface area contributed by atoms with Crippen molar-refractivity contribution in [1.29, 1.82) is 0 Å². The molecule has 10 nitrogen and oxygen atoms in total. The van der Waals surface area contributed by atoms with Crippen molar-refractivity contribution in [1.82, 2.24) is 30.5 Å². The molecule has 1 atom stereocenters. The van der Waals surface area contributed by atoms with Crippen LogP contribution in [0.25, 0.3) is 0 Å². The zero-order valence-electron chi connectivity index (χ0n) is 15.6. The fraction of sp³-hybridized carbons (Fsp3) is 0.688. The van der Waals surface area contributed by atoms with Gasteiger partial charge in [-0.2, -0.15) is 0 Å². The van der Waals surface area contributed by atoms with Gasteiger partial charge in [-0.15, -0.1) is 29.1 Å². The lowest BCUT2D eigenvalue weighted by atomic mass is 9.79. The highest BCUT2D eigenvalue weighted by molar-refractivity contribution is 14.0. The van der Waals surface area contributed by atoms with Gasteiger partial charge in [-0.25, -0.2) is 4.68 Å². The molecule has 2 saturated heterocycles. The minimum atomic E-state index is -0.372. The average Bonchev–Trinajstić information content (AvgIpc) is 3.22. The summed E-state index contributed by atoms with van der Waals surface area (Å²) >= 11 is 0. The van der Waals surface area contributed by atoms with Gasteiger partial charge in [-0.1, -0.05) is 5.21 Å². The molecule has 0 aliphatic carbocycles. The quantitative estimate of drug-likeness (QED) is 0.259. The number of nitrogens with zero attached hydrogens (tertiary/aromatic N) is 5. The van der Waals surface area contributed by atoms with Crippen LogP contribution in [0.15, 0.2) is 11.2 Å². The molecule has 150 valence electrons.